The smallest absolute Gasteiger partial charge is 0.252 e. The summed E-state index contributed by atoms with van der Waals surface area (Å²) in [5.41, 5.74) is 2.40. The van der Waals surface area contributed by atoms with Crippen molar-refractivity contribution < 1.29 is 14.4 Å². The Morgan fingerprint density at radius 1 is 1.22 bits per heavy atom. The number of carbonyl (C=O) groups excluding carboxylic acids is 1. The second-order valence-corrected chi connectivity index (χ2v) is 8.14. The minimum Gasteiger partial charge on any atom is -0.370 e. The van der Waals surface area contributed by atoms with Crippen LogP contribution < -0.4 is 10.2 Å². The van der Waals surface area contributed by atoms with Crippen LogP contribution in [0.3, 0.4) is 0 Å². The van der Waals surface area contributed by atoms with E-state index in [-0.39, 0.29) is 5.91 Å². The molecule has 0 atom stereocenters. The van der Waals surface area contributed by atoms with E-state index >= 15 is 0 Å². The van der Waals surface area contributed by atoms with Crippen molar-refractivity contribution in [1.29, 1.82) is 0 Å². The van der Waals surface area contributed by atoms with Crippen LogP contribution in [0.2, 0.25) is 0 Å². The van der Waals surface area contributed by atoms with E-state index in [1.54, 1.807) is 11.3 Å². The average molecular weight is 383 g/mol. The zero-order valence-electron chi connectivity index (χ0n) is 15.5. The van der Waals surface area contributed by atoms with Crippen molar-refractivity contribution in [3.63, 3.8) is 0 Å². The van der Waals surface area contributed by atoms with Gasteiger partial charge in [0, 0.05) is 10.3 Å². The summed E-state index contributed by atoms with van der Waals surface area (Å²) >= 11 is 1.70. The van der Waals surface area contributed by atoms with Crippen LogP contribution in [-0.2, 0) is 4.74 Å². The Morgan fingerprint density at radius 3 is 2.81 bits per heavy atom. The van der Waals surface area contributed by atoms with Crippen LogP contribution in [0.1, 0.15) is 15.2 Å². The highest BCUT2D eigenvalue weighted by atomic mass is 32.1. The van der Waals surface area contributed by atoms with Crippen molar-refractivity contribution in [2.45, 2.75) is 6.92 Å². The minimum absolute atomic E-state index is 0.0317. The number of pyridine rings is 1. The van der Waals surface area contributed by atoms with Gasteiger partial charge in [-0.05, 0) is 31.2 Å². The third-order valence-corrected chi connectivity index (χ3v) is 5.94. The number of nitrogens with zero attached hydrogens (tertiary/aromatic N) is 1. The van der Waals surface area contributed by atoms with E-state index in [1.807, 2.05) is 30.3 Å². The number of aromatic nitrogens is 1. The molecule has 0 bridgehead atoms. The first-order valence-electron chi connectivity index (χ1n) is 9.37. The van der Waals surface area contributed by atoms with Gasteiger partial charge in [0.1, 0.15) is 13.1 Å². The van der Waals surface area contributed by atoms with Gasteiger partial charge in [-0.2, -0.15) is 0 Å². The Labute approximate surface area is 163 Å². The normalized spacial score (nSPS) is 15.1. The monoisotopic (exact) mass is 382 g/mol. The van der Waals surface area contributed by atoms with E-state index in [4.69, 9.17) is 9.72 Å². The Morgan fingerprint density at radius 2 is 2.04 bits per heavy atom. The number of thiophene rings is 1. The lowest BCUT2D eigenvalue weighted by atomic mass is 10.1. The predicted molar refractivity (Wildman–Crippen MR) is 109 cm³/mol. The quantitative estimate of drug-likeness (QED) is 0.709. The van der Waals surface area contributed by atoms with Crippen molar-refractivity contribution in [3.05, 3.63) is 52.9 Å². The SMILES string of the molecule is Cc1ccc(-c2cc(C(=O)NCC[NH+]3CCOCC3)c3ccccc3n2)s1. The molecule has 6 heteroatoms. The molecule has 1 aliphatic rings. The molecule has 1 amide bonds. The van der Waals surface area contributed by atoms with Gasteiger partial charge in [-0.15, -0.1) is 11.3 Å². The molecule has 0 radical (unpaired) electrons. The summed E-state index contributed by atoms with van der Waals surface area (Å²) in [7, 11) is 0. The van der Waals surface area contributed by atoms with Gasteiger partial charge in [-0.1, -0.05) is 18.2 Å². The van der Waals surface area contributed by atoms with Crippen LogP contribution in [0.5, 0.6) is 0 Å². The second-order valence-electron chi connectivity index (χ2n) is 6.85. The van der Waals surface area contributed by atoms with Gasteiger partial charge in [0.2, 0.25) is 0 Å². The van der Waals surface area contributed by atoms with Crippen LogP contribution in [0.4, 0.5) is 0 Å². The summed E-state index contributed by atoms with van der Waals surface area (Å²) in [4.78, 5) is 21.5. The van der Waals surface area contributed by atoms with Crippen LogP contribution >= 0.6 is 11.3 Å². The van der Waals surface area contributed by atoms with Gasteiger partial charge in [-0.25, -0.2) is 4.98 Å². The molecule has 1 saturated heterocycles. The Hall–Kier alpha value is -2.28. The molecule has 1 aliphatic heterocycles. The molecule has 3 heterocycles. The van der Waals surface area contributed by atoms with Crippen molar-refractivity contribution in [2.75, 3.05) is 39.4 Å². The summed E-state index contributed by atoms with van der Waals surface area (Å²) in [6, 6.07) is 13.9. The first-order chi connectivity index (χ1) is 13.2. The maximum Gasteiger partial charge on any atom is 0.252 e. The first kappa shape index (κ1) is 18.1. The van der Waals surface area contributed by atoms with Crippen molar-refractivity contribution in [2.24, 2.45) is 0 Å². The summed E-state index contributed by atoms with van der Waals surface area (Å²) in [6.07, 6.45) is 0. The number of aryl methyl sites for hydroxylation is 1. The van der Waals surface area contributed by atoms with Gasteiger partial charge in [0.05, 0.1) is 48.0 Å². The molecule has 0 aliphatic carbocycles. The number of hydrogen-bond acceptors (Lipinski definition) is 4. The van der Waals surface area contributed by atoms with Gasteiger partial charge < -0.3 is 15.0 Å². The molecule has 4 rings (SSSR count). The molecule has 140 valence electrons. The lowest BCUT2D eigenvalue weighted by molar-refractivity contribution is -0.906. The van der Waals surface area contributed by atoms with E-state index in [2.05, 4.69) is 24.4 Å². The third-order valence-electron chi connectivity index (χ3n) is 4.92. The molecule has 0 spiro atoms. The molecule has 27 heavy (non-hydrogen) atoms. The standard InChI is InChI=1S/C21H23N3O2S/c1-15-6-7-20(27-15)19-14-17(16-4-2-3-5-18(16)23-19)21(25)22-8-9-24-10-12-26-13-11-24/h2-7,14H,8-13H2,1H3,(H,22,25)/p+1. The maximum absolute atomic E-state index is 12.9. The highest BCUT2D eigenvalue weighted by molar-refractivity contribution is 7.15. The van der Waals surface area contributed by atoms with Crippen LogP contribution in [0, 0.1) is 6.92 Å². The molecule has 0 saturated carbocycles. The summed E-state index contributed by atoms with van der Waals surface area (Å²) in [5, 5.41) is 3.99. The number of benzene rings is 1. The number of hydrogen-bond donors (Lipinski definition) is 2. The zero-order chi connectivity index (χ0) is 18.6. The second kappa shape index (κ2) is 8.17. The number of para-hydroxylation sites is 1. The average Bonchev–Trinajstić information content (AvgIpc) is 3.14. The van der Waals surface area contributed by atoms with E-state index < -0.39 is 0 Å². The zero-order valence-corrected chi connectivity index (χ0v) is 16.3. The number of ether oxygens (including phenoxy) is 1. The lowest BCUT2D eigenvalue weighted by Crippen LogP contribution is -3.14. The summed E-state index contributed by atoms with van der Waals surface area (Å²) in [5.74, 6) is -0.0317. The van der Waals surface area contributed by atoms with E-state index in [1.165, 1.54) is 9.78 Å². The number of nitrogens with one attached hydrogen (secondary N) is 2. The largest absolute Gasteiger partial charge is 0.370 e. The summed E-state index contributed by atoms with van der Waals surface area (Å²) in [6.45, 7) is 7.31. The van der Waals surface area contributed by atoms with Gasteiger partial charge in [0.25, 0.3) is 5.91 Å². The maximum atomic E-state index is 12.9. The molecule has 1 aromatic carbocycles. The molecule has 1 fully saturated rings. The van der Waals surface area contributed by atoms with Crippen LogP contribution in [0.25, 0.3) is 21.5 Å². The van der Waals surface area contributed by atoms with Crippen molar-refractivity contribution in [3.8, 4) is 10.6 Å². The number of morpholine rings is 1. The van der Waals surface area contributed by atoms with Crippen molar-refractivity contribution >= 4 is 28.1 Å². The fraction of sp³-hybridized carbons (Fsp3) is 0.333. The fourth-order valence-corrected chi connectivity index (χ4v) is 4.25. The van der Waals surface area contributed by atoms with Crippen LogP contribution in [0.15, 0.2) is 42.5 Å². The predicted octanol–water partition coefficient (Wildman–Crippen LogP) is 1.92. The number of amides is 1. The topological polar surface area (TPSA) is 55.7 Å². The fourth-order valence-electron chi connectivity index (χ4n) is 3.42. The number of rotatable bonds is 5. The molecule has 2 N–H and O–H groups in total. The van der Waals surface area contributed by atoms with Gasteiger partial charge in [0.15, 0.2) is 0 Å². The molecule has 2 aromatic heterocycles. The Kier molecular flexibility index (Phi) is 5.48. The number of quaternary nitrogens is 1. The van der Waals surface area contributed by atoms with Crippen molar-refractivity contribution in [1.82, 2.24) is 10.3 Å². The molecular formula is C21H24N3O2S+. The van der Waals surface area contributed by atoms with E-state index in [9.17, 15) is 4.79 Å². The third kappa shape index (κ3) is 4.18. The Bertz CT molecular complexity index is 948. The molecule has 0 unspecified atom stereocenters. The van der Waals surface area contributed by atoms with Crippen LogP contribution in [-0.4, -0.2) is 50.3 Å². The van der Waals surface area contributed by atoms with Gasteiger partial charge >= 0.3 is 0 Å². The molecular weight excluding hydrogens is 358 g/mol. The Balaban J connectivity index is 1.56. The lowest BCUT2D eigenvalue weighted by Gasteiger charge is -2.23. The minimum atomic E-state index is -0.0317. The number of carbonyl (C=O) groups is 1. The highest BCUT2D eigenvalue weighted by Gasteiger charge is 2.17. The van der Waals surface area contributed by atoms with E-state index in [0.717, 1.165) is 54.3 Å². The van der Waals surface area contributed by atoms with Gasteiger partial charge in [-0.3, -0.25) is 4.79 Å². The molecule has 5 nitrogen and oxygen atoms in total. The summed E-state index contributed by atoms with van der Waals surface area (Å²) < 4.78 is 5.39. The highest BCUT2D eigenvalue weighted by Crippen LogP contribution is 2.29. The van der Waals surface area contributed by atoms with E-state index in [0.29, 0.717) is 12.1 Å². The first-order valence-corrected chi connectivity index (χ1v) is 10.2. The number of fused-ring (bicyclic) bond motifs is 1. The molecule has 3 aromatic rings.